The molecule has 0 aliphatic heterocycles. The molecule has 8 heteroatoms. The number of hydrogen-bond acceptors (Lipinski definition) is 5. The lowest BCUT2D eigenvalue weighted by Gasteiger charge is -2.14. The number of aromatic nitrogens is 1. The molecular formula is C31H26ClN3O2S2. The van der Waals surface area contributed by atoms with Crippen molar-refractivity contribution < 1.29 is 9.59 Å². The average molecular weight is 572 g/mol. The summed E-state index contributed by atoms with van der Waals surface area (Å²) in [6, 6.07) is 29.2. The second kappa shape index (κ2) is 12.5. The van der Waals surface area contributed by atoms with Crippen LogP contribution in [-0.2, 0) is 16.0 Å². The van der Waals surface area contributed by atoms with E-state index in [1.807, 2.05) is 60.8 Å². The third-order valence-corrected chi connectivity index (χ3v) is 8.48. The predicted molar refractivity (Wildman–Crippen MR) is 164 cm³/mol. The van der Waals surface area contributed by atoms with E-state index in [4.69, 9.17) is 11.6 Å². The predicted octanol–water partition coefficient (Wildman–Crippen LogP) is 8.31. The van der Waals surface area contributed by atoms with Crippen molar-refractivity contribution in [1.82, 2.24) is 4.98 Å². The van der Waals surface area contributed by atoms with Gasteiger partial charge in [-0.15, -0.1) is 23.1 Å². The van der Waals surface area contributed by atoms with Crippen LogP contribution in [-0.4, -0.2) is 22.0 Å². The van der Waals surface area contributed by atoms with Crippen LogP contribution >= 0.6 is 34.7 Å². The van der Waals surface area contributed by atoms with Gasteiger partial charge in [-0.3, -0.25) is 9.59 Å². The quantitative estimate of drug-likeness (QED) is 0.174. The van der Waals surface area contributed by atoms with E-state index in [9.17, 15) is 9.59 Å². The summed E-state index contributed by atoms with van der Waals surface area (Å²) in [5, 5.41) is 11.1. The maximum Gasteiger partial charge on any atom is 0.239 e. The van der Waals surface area contributed by atoms with Crippen molar-refractivity contribution in [2.75, 3.05) is 10.6 Å². The molecular weight excluding hydrogens is 546 g/mol. The topological polar surface area (TPSA) is 71.1 Å². The van der Waals surface area contributed by atoms with E-state index in [1.165, 1.54) is 28.5 Å². The van der Waals surface area contributed by atoms with Crippen molar-refractivity contribution in [2.45, 2.75) is 29.9 Å². The number of rotatable bonds is 9. The van der Waals surface area contributed by atoms with E-state index in [1.54, 1.807) is 12.1 Å². The second-order valence-corrected chi connectivity index (χ2v) is 11.6. The molecule has 1 unspecified atom stereocenters. The molecule has 0 bridgehead atoms. The number of carbonyl (C=O) groups is 2. The Labute approximate surface area is 240 Å². The molecule has 196 valence electrons. The molecule has 1 aromatic heterocycles. The van der Waals surface area contributed by atoms with Crippen molar-refractivity contribution >= 4 is 68.1 Å². The summed E-state index contributed by atoms with van der Waals surface area (Å²) in [6.45, 7) is 1.98. The number of carbonyl (C=O) groups excluding carboxylic acids is 2. The molecule has 5 rings (SSSR count). The molecule has 4 aromatic carbocycles. The van der Waals surface area contributed by atoms with Crippen LogP contribution in [0.5, 0.6) is 0 Å². The van der Waals surface area contributed by atoms with Gasteiger partial charge in [0.2, 0.25) is 11.8 Å². The van der Waals surface area contributed by atoms with Crippen LogP contribution in [0, 0.1) is 0 Å². The van der Waals surface area contributed by atoms with Gasteiger partial charge in [0, 0.05) is 26.5 Å². The maximum atomic E-state index is 13.1. The van der Waals surface area contributed by atoms with Gasteiger partial charge >= 0.3 is 0 Å². The van der Waals surface area contributed by atoms with E-state index < -0.39 is 0 Å². The first-order valence-corrected chi connectivity index (χ1v) is 14.7. The Morgan fingerprint density at radius 2 is 1.72 bits per heavy atom. The van der Waals surface area contributed by atoms with Crippen LogP contribution in [0.4, 0.5) is 10.8 Å². The Bertz CT molecular complexity index is 1620. The summed E-state index contributed by atoms with van der Waals surface area (Å²) in [7, 11) is 0. The summed E-state index contributed by atoms with van der Waals surface area (Å²) < 4.78 is 0. The summed E-state index contributed by atoms with van der Waals surface area (Å²) in [6.07, 6.45) is 0.899. The Morgan fingerprint density at radius 1 is 0.923 bits per heavy atom. The van der Waals surface area contributed by atoms with Crippen LogP contribution in [0.2, 0.25) is 5.02 Å². The third kappa shape index (κ3) is 7.06. The molecule has 0 radical (unpaired) electrons. The zero-order chi connectivity index (χ0) is 27.2. The van der Waals surface area contributed by atoms with Crippen molar-refractivity contribution in [2.24, 2.45) is 0 Å². The van der Waals surface area contributed by atoms with Gasteiger partial charge < -0.3 is 10.6 Å². The van der Waals surface area contributed by atoms with Crippen LogP contribution in [0.3, 0.4) is 0 Å². The van der Waals surface area contributed by atoms with Crippen LogP contribution in [0.25, 0.3) is 22.0 Å². The number of halogens is 1. The summed E-state index contributed by atoms with van der Waals surface area (Å²) in [5.74, 6) is -0.214. The van der Waals surface area contributed by atoms with E-state index in [0.717, 1.165) is 27.1 Å². The van der Waals surface area contributed by atoms with Crippen LogP contribution in [0.15, 0.2) is 101 Å². The minimum absolute atomic E-state index is 0.0981. The fourth-order valence-corrected chi connectivity index (χ4v) is 5.99. The van der Waals surface area contributed by atoms with Crippen molar-refractivity contribution in [3.63, 3.8) is 0 Å². The second-order valence-electron chi connectivity index (χ2n) is 8.98. The third-order valence-electron chi connectivity index (χ3n) is 6.12. The summed E-state index contributed by atoms with van der Waals surface area (Å²) in [4.78, 5) is 31.2. The zero-order valence-corrected chi connectivity index (χ0v) is 23.6. The standard InChI is InChI=1S/C31H26ClN3O2S2/c1-2-28(39-26-9-5-8-25(18-26)33-29(36)16-20-10-14-24(32)15-11-20)30(37)35-31-34-27(19-38-31)23-13-12-21-6-3-4-7-22(21)17-23/h3-15,17-19,28H,2,16H2,1H3,(H,33,36)(H,34,35,37). The van der Waals surface area contributed by atoms with Crippen molar-refractivity contribution in [3.05, 3.63) is 107 Å². The first kappa shape index (κ1) is 26.9. The van der Waals surface area contributed by atoms with Gasteiger partial charge in [-0.2, -0.15) is 0 Å². The number of nitrogens with one attached hydrogen (secondary N) is 2. The zero-order valence-electron chi connectivity index (χ0n) is 21.2. The van der Waals surface area contributed by atoms with Gasteiger partial charge in [-0.05, 0) is 59.2 Å². The summed E-state index contributed by atoms with van der Waals surface area (Å²) >= 11 is 8.81. The highest BCUT2D eigenvalue weighted by atomic mass is 35.5. The van der Waals surface area contributed by atoms with Crippen molar-refractivity contribution in [1.29, 1.82) is 0 Å². The molecule has 0 aliphatic rings. The number of fused-ring (bicyclic) bond motifs is 1. The Hall–Kier alpha value is -3.65. The molecule has 0 saturated heterocycles. The lowest BCUT2D eigenvalue weighted by molar-refractivity contribution is -0.116. The maximum absolute atomic E-state index is 13.1. The van der Waals surface area contributed by atoms with E-state index in [-0.39, 0.29) is 23.5 Å². The first-order chi connectivity index (χ1) is 19.0. The highest BCUT2D eigenvalue weighted by Gasteiger charge is 2.20. The number of hydrogen-bond donors (Lipinski definition) is 2. The molecule has 0 aliphatic carbocycles. The number of nitrogens with zero attached hydrogens (tertiary/aromatic N) is 1. The van der Waals surface area contributed by atoms with Gasteiger partial charge in [0.25, 0.3) is 0 Å². The molecule has 0 saturated carbocycles. The van der Waals surface area contributed by atoms with Crippen LogP contribution in [0.1, 0.15) is 18.9 Å². The van der Waals surface area contributed by atoms with Gasteiger partial charge in [0.1, 0.15) is 0 Å². The highest BCUT2D eigenvalue weighted by Crippen LogP contribution is 2.31. The molecule has 2 amide bonds. The lowest BCUT2D eigenvalue weighted by atomic mass is 10.1. The largest absolute Gasteiger partial charge is 0.326 e. The Balaban J connectivity index is 1.20. The monoisotopic (exact) mass is 571 g/mol. The molecule has 5 nitrogen and oxygen atoms in total. The molecule has 39 heavy (non-hydrogen) atoms. The van der Waals surface area contributed by atoms with E-state index in [2.05, 4.69) is 45.9 Å². The van der Waals surface area contributed by atoms with Gasteiger partial charge in [0.15, 0.2) is 5.13 Å². The van der Waals surface area contributed by atoms with Gasteiger partial charge in [0.05, 0.1) is 17.4 Å². The molecule has 0 fully saturated rings. The number of anilines is 2. The van der Waals surface area contributed by atoms with E-state index in [0.29, 0.717) is 22.3 Å². The SMILES string of the molecule is CCC(Sc1cccc(NC(=O)Cc2ccc(Cl)cc2)c1)C(=O)Nc1nc(-c2ccc3ccccc3c2)cs1. The Kier molecular flexibility index (Phi) is 8.61. The van der Waals surface area contributed by atoms with Gasteiger partial charge in [-0.25, -0.2) is 4.98 Å². The van der Waals surface area contributed by atoms with Gasteiger partial charge in [-0.1, -0.05) is 73.1 Å². The summed E-state index contributed by atoms with van der Waals surface area (Å²) in [5.41, 5.74) is 3.43. The molecule has 2 N–H and O–H groups in total. The fourth-order valence-electron chi connectivity index (χ4n) is 4.12. The van der Waals surface area contributed by atoms with E-state index >= 15 is 0 Å². The number of thioether (sulfide) groups is 1. The molecule has 1 heterocycles. The highest BCUT2D eigenvalue weighted by molar-refractivity contribution is 8.00. The molecule has 5 aromatic rings. The Morgan fingerprint density at radius 3 is 2.51 bits per heavy atom. The number of thiazole rings is 1. The minimum atomic E-state index is -0.307. The fraction of sp³-hybridized carbons (Fsp3) is 0.129. The first-order valence-electron chi connectivity index (χ1n) is 12.5. The number of benzene rings is 4. The normalized spacial score (nSPS) is 11.7. The average Bonchev–Trinajstić information content (AvgIpc) is 3.41. The minimum Gasteiger partial charge on any atom is -0.326 e. The smallest absolute Gasteiger partial charge is 0.239 e. The van der Waals surface area contributed by atoms with Crippen molar-refractivity contribution in [3.8, 4) is 11.3 Å². The lowest BCUT2D eigenvalue weighted by Crippen LogP contribution is -2.24. The molecule has 1 atom stereocenters. The molecule has 0 spiro atoms. The van der Waals surface area contributed by atoms with Crippen LogP contribution < -0.4 is 10.6 Å². The number of amides is 2.